The van der Waals surface area contributed by atoms with Crippen molar-refractivity contribution in [3.8, 4) is 0 Å². The van der Waals surface area contributed by atoms with E-state index in [1.807, 2.05) is 13.8 Å². The second-order valence-electron chi connectivity index (χ2n) is 10.0. The zero-order valence-corrected chi connectivity index (χ0v) is 24.9. The normalized spacial score (nSPS) is 10.9. The van der Waals surface area contributed by atoms with Gasteiger partial charge in [-0.25, -0.2) is 19.2 Å². The molecule has 0 aliphatic heterocycles. The molecule has 0 radical (unpaired) electrons. The molecule has 8 heteroatoms. The van der Waals surface area contributed by atoms with Crippen LogP contribution in [0, 0.1) is 11.8 Å². The maximum Gasteiger partial charge on any atom is 0.339 e. The molecular formula is C31H48O8. The van der Waals surface area contributed by atoms with Crippen molar-refractivity contribution in [1.29, 1.82) is 0 Å². The molecule has 0 aliphatic rings. The van der Waals surface area contributed by atoms with Crippen LogP contribution in [0.1, 0.15) is 108 Å². The number of hydrogen-bond acceptors (Lipinski definition) is 8. The summed E-state index contributed by atoms with van der Waals surface area (Å²) < 4.78 is 20.3. The van der Waals surface area contributed by atoms with E-state index in [-0.39, 0.29) is 16.7 Å². The predicted molar refractivity (Wildman–Crippen MR) is 151 cm³/mol. The van der Waals surface area contributed by atoms with Gasteiger partial charge in [-0.1, -0.05) is 66.5 Å². The third kappa shape index (κ3) is 17.9. The lowest BCUT2D eigenvalue weighted by Gasteiger charge is -2.09. The number of carbonyl (C=O) groups is 4. The average molecular weight is 549 g/mol. The molecule has 0 atom stereocenters. The van der Waals surface area contributed by atoms with Crippen LogP contribution in [0.3, 0.4) is 0 Å². The number of hydrogen-bond donors (Lipinski definition) is 0. The van der Waals surface area contributed by atoms with E-state index in [0.717, 1.165) is 38.5 Å². The first-order chi connectivity index (χ1) is 18.5. The summed E-state index contributed by atoms with van der Waals surface area (Å²) in [5, 5.41) is 0. The van der Waals surface area contributed by atoms with E-state index in [4.69, 9.17) is 18.9 Å². The van der Waals surface area contributed by atoms with E-state index in [0.29, 0.717) is 38.3 Å². The molecule has 0 aromatic heterocycles. The summed E-state index contributed by atoms with van der Waals surface area (Å²) in [6.45, 7) is 15.3. The van der Waals surface area contributed by atoms with Crippen LogP contribution in [-0.2, 0) is 28.5 Å². The summed E-state index contributed by atoms with van der Waals surface area (Å²) in [6.07, 6.45) is 6.36. The van der Waals surface area contributed by atoms with E-state index < -0.39 is 23.9 Å². The number of carbonyl (C=O) groups excluding carboxylic acids is 4. The zero-order valence-electron chi connectivity index (χ0n) is 24.9. The van der Waals surface area contributed by atoms with Gasteiger partial charge in [-0.2, -0.15) is 0 Å². The lowest BCUT2D eigenvalue weighted by Crippen LogP contribution is -2.14. The fourth-order valence-corrected chi connectivity index (χ4v) is 2.79. The van der Waals surface area contributed by atoms with Gasteiger partial charge in [0.25, 0.3) is 0 Å². The van der Waals surface area contributed by atoms with Gasteiger partial charge in [-0.05, 0) is 56.6 Å². The smallest absolute Gasteiger partial charge is 0.339 e. The summed E-state index contributed by atoms with van der Waals surface area (Å²) in [6, 6.07) is 6.59. The quantitative estimate of drug-likeness (QED) is 0.0971. The monoisotopic (exact) mass is 548 g/mol. The Kier molecular flexibility index (Phi) is 20.0. The van der Waals surface area contributed by atoms with Crippen LogP contribution in [-0.4, -0.2) is 50.3 Å². The number of esters is 4. The zero-order chi connectivity index (χ0) is 29.6. The van der Waals surface area contributed by atoms with E-state index in [1.54, 1.807) is 31.2 Å². The van der Waals surface area contributed by atoms with Crippen molar-refractivity contribution in [2.75, 3.05) is 26.4 Å². The van der Waals surface area contributed by atoms with Gasteiger partial charge in [0.05, 0.1) is 37.6 Å². The van der Waals surface area contributed by atoms with Crippen LogP contribution in [0.25, 0.3) is 0 Å². The van der Waals surface area contributed by atoms with E-state index in [9.17, 15) is 19.2 Å². The highest BCUT2D eigenvalue weighted by Crippen LogP contribution is 2.13. The van der Waals surface area contributed by atoms with Crippen LogP contribution in [0.2, 0.25) is 0 Å². The Hall–Kier alpha value is -3.16. The SMILES string of the molecule is C/C(=C/C(=O)OCCC(C)C)C(=O)OCCC(C)C.CCCCOC(=O)c1ccccc1C(=O)OCCCC. The average Bonchev–Trinajstić information content (AvgIpc) is 2.88. The molecule has 0 saturated carbocycles. The third-order valence-corrected chi connectivity index (χ3v) is 5.35. The van der Waals surface area contributed by atoms with Crippen molar-refractivity contribution < 1.29 is 38.1 Å². The molecule has 0 bridgehead atoms. The first-order valence-electron chi connectivity index (χ1n) is 14.0. The number of unbranched alkanes of at least 4 members (excludes halogenated alkanes) is 2. The van der Waals surface area contributed by atoms with Crippen molar-refractivity contribution in [2.24, 2.45) is 11.8 Å². The highest BCUT2D eigenvalue weighted by Gasteiger charge is 2.18. The van der Waals surface area contributed by atoms with Crippen molar-refractivity contribution in [2.45, 2.75) is 87.0 Å². The molecule has 0 fully saturated rings. The van der Waals surface area contributed by atoms with Gasteiger partial charge in [-0.15, -0.1) is 0 Å². The first kappa shape index (κ1) is 35.8. The standard InChI is InChI=1S/C16H22O4.C15H26O4/c1-3-5-11-19-15(17)13-9-7-8-10-14(13)16(18)20-12-6-4-2;1-11(2)6-8-18-14(16)10-13(5)15(17)19-9-7-12(3)4/h7-10H,3-6,11-12H2,1-2H3;10-12H,6-9H2,1-5H3/b;13-10-. The summed E-state index contributed by atoms with van der Waals surface area (Å²) >= 11 is 0. The molecular weight excluding hydrogens is 500 g/mol. The van der Waals surface area contributed by atoms with Gasteiger partial charge >= 0.3 is 23.9 Å². The predicted octanol–water partition coefficient (Wildman–Crippen LogP) is 6.71. The molecule has 0 spiro atoms. The van der Waals surface area contributed by atoms with Crippen molar-refractivity contribution >= 4 is 23.9 Å². The van der Waals surface area contributed by atoms with Gasteiger partial charge in [0, 0.05) is 11.6 Å². The molecule has 1 aromatic carbocycles. The number of benzene rings is 1. The summed E-state index contributed by atoms with van der Waals surface area (Å²) in [5.74, 6) is -0.916. The van der Waals surface area contributed by atoms with Crippen molar-refractivity contribution in [3.63, 3.8) is 0 Å². The number of ether oxygens (including phenoxy) is 4. The number of rotatable bonds is 16. The molecule has 0 saturated heterocycles. The van der Waals surface area contributed by atoms with Gasteiger partial charge in [0.15, 0.2) is 0 Å². The van der Waals surface area contributed by atoms with Gasteiger partial charge in [0.1, 0.15) is 0 Å². The topological polar surface area (TPSA) is 105 Å². The Labute approximate surface area is 234 Å². The Morgan fingerprint density at radius 1 is 0.692 bits per heavy atom. The first-order valence-corrected chi connectivity index (χ1v) is 14.0. The molecule has 0 N–H and O–H groups in total. The molecule has 39 heavy (non-hydrogen) atoms. The third-order valence-electron chi connectivity index (χ3n) is 5.35. The molecule has 0 heterocycles. The summed E-state index contributed by atoms with van der Waals surface area (Å²) in [7, 11) is 0. The maximum atomic E-state index is 11.9. The molecule has 1 rings (SSSR count). The van der Waals surface area contributed by atoms with Crippen LogP contribution in [0.4, 0.5) is 0 Å². The second kappa shape index (κ2) is 21.7. The van der Waals surface area contributed by atoms with Crippen LogP contribution >= 0.6 is 0 Å². The minimum Gasteiger partial charge on any atom is -0.463 e. The Balaban J connectivity index is 0.000000742. The second-order valence-corrected chi connectivity index (χ2v) is 10.0. The van der Waals surface area contributed by atoms with Crippen LogP contribution in [0.15, 0.2) is 35.9 Å². The summed E-state index contributed by atoms with van der Waals surface area (Å²) in [4.78, 5) is 46.8. The van der Waals surface area contributed by atoms with Gasteiger partial charge < -0.3 is 18.9 Å². The maximum absolute atomic E-state index is 11.9. The Bertz CT molecular complexity index is 861. The lowest BCUT2D eigenvalue weighted by atomic mass is 10.1. The molecule has 0 amide bonds. The van der Waals surface area contributed by atoms with E-state index in [1.165, 1.54) is 6.08 Å². The molecule has 0 aliphatic carbocycles. The fourth-order valence-electron chi connectivity index (χ4n) is 2.79. The minimum atomic E-state index is -0.487. The molecule has 220 valence electrons. The van der Waals surface area contributed by atoms with E-state index >= 15 is 0 Å². The largest absolute Gasteiger partial charge is 0.463 e. The Morgan fingerprint density at radius 3 is 1.54 bits per heavy atom. The van der Waals surface area contributed by atoms with E-state index in [2.05, 4.69) is 27.7 Å². The van der Waals surface area contributed by atoms with Gasteiger partial charge in [-0.3, -0.25) is 0 Å². The van der Waals surface area contributed by atoms with Crippen molar-refractivity contribution in [1.82, 2.24) is 0 Å². The fraction of sp³-hybridized carbons (Fsp3) is 0.613. The Morgan fingerprint density at radius 2 is 1.13 bits per heavy atom. The van der Waals surface area contributed by atoms with Gasteiger partial charge in [0.2, 0.25) is 0 Å². The lowest BCUT2D eigenvalue weighted by molar-refractivity contribution is -0.141. The molecule has 0 unspecified atom stereocenters. The molecule has 8 nitrogen and oxygen atoms in total. The highest BCUT2D eigenvalue weighted by molar-refractivity contribution is 6.03. The van der Waals surface area contributed by atoms with Crippen LogP contribution in [0.5, 0.6) is 0 Å². The summed E-state index contributed by atoms with van der Waals surface area (Å²) in [5.41, 5.74) is 0.813. The highest BCUT2D eigenvalue weighted by atomic mass is 16.5. The molecule has 1 aromatic rings. The van der Waals surface area contributed by atoms with Crippen molar-refractivity contribution in [3.05, 3.63) is 47.0 Å². The van der Waals surface area contributed by atoms with Crippen LogP contribution < -0.4 is 0 Å². The minimum absolute atomic E-state index is 0.269.